The molecule has 1 aliphatic heterocycles. The van der Waals surface area contributed by atoms with Crippen LogP contribution >= 0.6 is 0 Å². The largest absolute Gasteiger partial charge is 0.497 e. The van der Waals surface area contributed by atoms with Gasteiger partial charge in [-0.3, -0.25) is 9.89 Å². The molecular weight excluding hydrogens is 392 g/mol. The molecule has 0 saturated carbocycles. The number of aromatic nitrogens is 1. The molecule has 1 fully saturated rings. The van der Waals surface area contributed by atoms with E-state index < -0.39 is 0 Å². The lowest BCUT2D eigenvalue weighted by Gasteiger charge is -2.35. The number of pyridine rings is 1. The molecule has 2 N–H and O–H groups in total. The van der Waals surface area contributed by atoms with Gasteiger partial charge in [-0.1, -0.05) is 18.2 Å². The van der Waals surface area contributed by atoms with Crippen LogP contribution in [0.15, 0.2) is 47.5 Å². The smallest absolute Gasteiger partial charge is 0.191 e. The maximum absolute atomic E-state index is 5.55. The minimum absolute atomic E-state index is 0.212. The van der Waals surface area contributed by atoms with Crippen LogP contribution in [0.5, 0.6) is 5.75 Å². The van der Waals surface area contributed by atoms with Crippen molar-refractivity contribution in [1.29, 1.82) is 0 Å². The molecule has 0 spiro atoms. The summed E-state index contributed by atoms with van der Waals surface area (Å²) >= 11 is 0. The Morgan fingerprint density at radius 2 is 1.90 bits per heavy atom. The monoisotopic (exact) mass is 426 g/mol. The summed E-state index contributed by atoms with van der Waals surface area (Å²) in [6.45, 7) is 4.67. The summed E-state index contributed by atoms with van der Waals surface area (Å²) in [6, 6.07) is 14.5. The van der Waals surface area contributed by atoms with Crippen molar-refractivity contribution < 1.29 is 9.47 Å². The number of guanidine groups is 1. The van der Waals surface area contributed by atoms with Gasteiger partial charge in [-0.2, -0.15) is 0 Å². The molecule has 0 amide bonds. The molecule has 2 heterocycles. The van der Waals surface area contributed by atoms with E-state index in [0.717, 1.165) is 56.1 Å². The Morgan fingerprint density at radius 1 is 1.16 bits per heavy atom. The topological polar surface area (TPSA) is 74.2 Å². The quantitative estimate of drug-likeness (QED) is 0.493. The van der Waals surface area contributed by atoms with Crippen LogP contribution in [0.2, 0.25) is 0 Å². The van der Waals surface area contributed by atoms with Crippen LogP contribution < -0.4 is 20.3 Å². The van der Waals surface area contributed by atoms with E-state index in [1.807, 2.05) is 49.3 Å². The van der Waals surface area contributed by atoms with Gasteiger partial charge >= 0.3 is 0 Å². The number of aliphatic imine (C=N–C) groups is 1. The van der Waals surface area contributed by atoms with Gasteiger partial charge in [0.15, 0.2) is 5.96 Å². The zero-order valence-corrected chi connectivity index (χ0v) is 19.0. The minimum Gasteiger partial charge on any atom is -0.497 e. The summed E-state index contributed by atoms with van der Waals surface area (Å²) in [5.74, 6) is 2.56. The van der Waals surface area contributed by atoms with Crippen LogP contribution in [0.4, 0.5) is 5.82 Å². The third-order valence-corrected chi connectivity index (χ3v) is 5.36. The number of nitrogens with one attached hydrogen (secondary N) is 2. The molecule has 1 saturated heterocycles. The number of nitrogens with zero attached hydrogens (tertiary/aromatic N) is 4. The third kappa shape index (κ3) is 6.57. The third-order valence-electron chi connectivity index (χ3n) is 5.36. The fraction of sp³-hybridized carbons (Fsp3) is 0.478. The first-order valence-corrected chi connectivity index (χ1v) is 10.6. The van der Waals surface area contributed by atoms with Crippen molar-refractivity contribution in [1.82, 2.24) is 20.5 Å². The lowest BCUT2D eigenvalue weighted by molar-refractivity contribution is 0.0170. The number of morpholine rings is 1. The second-order valence-corrected chi connectivity index (χ2v) is 7.63. The van der Waals surface area contributed by atoms with Crippen molar-refractivity contribution >= 4 is 11.8 Å². The maximum Gasteiger partial charge on any atom is 0.191 e. The van der Waals surface area contributed by atoms with E-state index in [2.05, 4.69) is 37.6 Å². The van der Waals surface area contributed by atoms with E-state index in [1.54, 1.807) is 14.2 Å². The maximum atomic E-state index is 5.55. The number of benzene rings is 1. The first-order valence-electron chi connectivity index (χ1n) is 10.6. The van der Waals surface area contributed by atoms with Crippen LogP contribution in [0, 0.1) is 0 Å². The van der Waals surface area contributed by atoms with E-state index in [4.69, 9.17) is 9.47 Å². The lowest BCUT2D eigenvalue weighted by atomic mass is 10.0. The Bertz CT molecular complexity index is 834. The van der Waals surface area contributed by atoms with Crippen LogP contribution in [0.25, 0.3) is 0 Å². The van der Waals surface area contributed by atoms with Crippen LogP contribution in [0.1, 0.15) is 17.3 Å². The highest BCUT2D eigenvalue weighted by atomic mass is 16.5. The Balaban J connectivity index is 1.63. The van der Waals surface area contributed by atoms with E-state index in [-0.39, 0.29) is 6.04 Å². The molecular formula is C23H34N6O2. The molecule has 8 nitrogen and oxygen atoms in total. The lowest BCUT2D eigenvalue weighted by Crippen LogP contribution is -2.46. The zero-order valence-electron chi connectivity index (χ0n) is 19.0. The molecule has 168 valence electrons. The average Bonchev–Trinajstić information content (AvgIpc) is 2.82. The number of hydrogen-bond donors (Lipinski definition) is 2. The molecule has 1 atom stereocenters. The van der Waals surface area contributed by atoms with Crippen molar-refractivity contribution in [2.24, 2.45) is 4.99 Å². The average molecular weight is 427 g/mol. The SMILES string of the molecule is CN=C(NCc1cccc(N(C)C)n1)NCC(c1ccc(OC)cc1)N1CCOCC1. The summed E-state index contributed by atoms with van der Waals surface area (Å²) in [5.41, 5.74) is 2.21. The second-order valence-electron chi connectivity index (χ2n) is 7.63. The van der Waals surface area contributed by atoms with Gasteiger partial charge < -0.3 is 25.0 Å². The van der Waals surface area contributed by atoms with Crippen molar-refractivity contribution in [3.05, 3.63) is 53.7 Å². The first-order chi connectivity index (χ1) is 15.1. The number of methoxy groups -OCH3 is 1. The van der Waals surface area contributed by atoms with Crippen molar-refractivity contribution in [2.75, 3.05) is 66.0 Å². The number of ether oxygens (including phenoxy) is 2. The van der Waals surface area contributed by atoms with Crippen molar-refractivity contribution in [2.45, 2.75) is 12.6 Å². The Hall–Kier alpha value is -2.84. The molecule has 31 heavy (non-hydrogen) atoms. The van der Waals surface area contributed by atoms with Gasteiger partial charge in [0, 0.05) is 40.8 Å². The van der Waals surface area contributed by atoms with Gasteiger partial charge in [-0.25, -0.2) is 4.98 Å². The standard InChI is InChI=1S/C23H34N6O2/c1-24-23(25-16-19-6-5-7-22(27-19)28(2)3)26-17-21(29-12-14-31-15-13-29)18-8-10-20(30-4)11-9-18/h5-11,21H,12-17H2,1-4H3,(H2,24,25,26). The predicted octanol–water partition coefficient (Wildman–Crippen LogP) is 1.89. The summed E-state index contributed by atoms with van der Waals surface area (Å²) in [6.07, 6.45) is 0. The molecule has 1 aromatic carbocycles. The normalized spacial score (nSPS) is 15.9. The molecule has 2 aromatic rings. The number of rotatable bonds is 8. The molecule has 1 unspecified atom stereocenters. The van der Waals surface area contributed by atoms with E-state index >= 15 is 0 Å². The second kappa shape index (κ2) is 11.5. The highest BCUT2D eigenvalue weighted by molar-refractivity contribution is 5.79. The predicted molar refractivity (Wildman–Crippen MR) is 125 cm³/mol. The Kier molecular flexibility index (Phi) is 8.49. The minimum atomic E-state index is 0.212. The molecule has 0 bridgehead atoms. The molecule has 8 heteroatoms. The van der Waals surface area contributed by atoms with E-state index in [9.17, 15) is 0 Å². The van der Waals surface area contributed by atoms with Gasteiger partial charge in [0.1, 0.15) is 11.6 Å². The fourth-order valence-corrected chi connectivity index (χ4v) is 3.58. The number of hydrogen-bond acceptors (Lipinski definition) is 6. The Labute approximate surface area is 185 Å². The van der Waals surface area contributed by atoms with Crippen molar-refractivity contribution in [3.8, 4) is 5.75 Å². The molecule has 3 rings (SSSR count). The van der Waals surface area contributed by atoms with Crippen molar-refractivity contribution in [3.63, 3.8) is 0 Å². The summed E-state index contributed by atoms with van der Waals surface area (Å²) in [7, 11) is 7.46. The fourth-order valence-electron chi connectivity index (χ4n) is 3.58. The van der Waals surface area contributed by atoms with Crippen LogP contribution in [-0.4, -0.2) is 76.9 Å². The zero-order chi connectivity index (χ0) is 22.1. The van der Waals surface area contributed by atoms with Gasteiger partial charge in [0.25, 0.3) is 0 Å². The molecule has 0 aliphatic carbocycles. The molecule has 0 radical (unpaired) electrons. The van der Waals surface area contributed by atoms with Gasteiger partial charge in [0.05, 0.1) is 38.6 Å². The van der Waals surface area contributed by atoms with E-state index in [0.29, 0.717) is 6.54 Å². The van der Waals surface area contributed by atoms with Gasteiger partial charge in [0.2, 0.25) is 0 Å². The van der Waals surface area contributed by atoms with E-state index in [1.165, 1.54) is 5.56 Å². The van der Waals surface area contributed by atoms with Crippen LogP contribution in [0.3, 0.4) is 0 Å². The number of anilines is 1. The highest BCUT2D eigenvalue weighted by Gasteiger charge is 2.23. The van der Waals surface area contributed by atoms with Crippen LogP contribution in [-0.2, 0) is 11.3 Å². The molecule has 1 aromatic heterocycles. The summed E-state index contributed by atoms with van der Waals surface area (Å²) < 4.78 is 10.9. The molecule has 1 aliphatic rings. The summed E-state index contributed by atoms with van der Waals surface area (Å²) in [4.78, 5) is 13.5. The first kappa shape index (κ1) is 22.8. The Morgan fingerprint density at radius 3 is 2.55 bits per heavy atom. The van der Waals surface area contributed by atoms with Gasteiger partial charge in [-0.05, 0) is 29.8 Å². The summed E-state index contributed by atoms with van der Waals surface area (Å²) in [5, 5.41) is 6.86. The van der Waals surface area contributed by atoms with Gasteiger partial charge in [-0.15, -0.1) is 0 Å². The highest BCUT2D eigenvalue weighted by Crippen LogP contribution is 2.23.